The second-order valence-electron chi connectivity index (χ2n) is 3.51. The van der Waals surface area contributed by atoms with Gasteiger partial charge in [-0.2, -0.15) is 4.31 Å². The van der Waals surface area contributed by atoms with Crippen LogP contribution >= 0.6 is 0 Å². The first-order valence-corrected chi connectivity index (χ1v) is 6.18. The summed E-state index contributed by atoms with van der Waals surface area (Å²) in [7, 11) is -2.29. The monoisotopic (exact) mass is 247 g/mol. The predicted molar refractivity (Wildman–Crippen MR) is 57.9 cm³/mol. The first-order chi connectivity index (χ1) is 7.39. The zero-order valence-electron chi connectivity index (χ0n) is 9.09. The molecule has 0 radical (unpaired) electrons. The molecule has 0 bridgehead atoms. The molecule has 0 fully saturated rings. The summed E-state index contributed by atoms with van der Waals surface area (Å²) in [6.07, 6.45) is 0. The Labute approximate surface area is 94.4 Å². The highest BCUT2D eigenvalue weighted by Gasteiger charge is 2.24. The molecule has 0 saturated heterocycles. The molecule has 1 aromatic rings. The number of aliphatic hydroxyl groups is 1. The Kier molecular flexibility index (Phi) is 4.01. The van der Waals surface area contributed by atoms with Crippen molar-refractivity contribution in [3.8, 4) is 0 Å². The van der Waals surface area contributed by atoms with Crippen LogP contribution in [0.4, 0.5) is 4.39 Å². The van der Waals surface area contributed by atoms with Crippen molar-refractivity contribution < 1.29 is 17.9 Å². The summed E-state index contributed by atoms with van der Waals surface area (Å²) in [5, 5.41) is 8.89. The largest absolute Gasteiger partial charge is 0.395 e. The smallest absolute Gasteiger partial charge is 0.243 e. The second-order valence-corrected chi connectivity index (χ2v) is 5.50. The topological polar surface area (TPSA) is 57.6 Å². The Morgan fingerprint density at radius 1 is 1.38 bits per heavy atom. The number of hydrogen-bond donors (Lipinski definition) is 1. The van der Waals surface area contributed by atoms with Crippen molar-refractivity contribution >= 4 is 10.0 Å². The lowest BCUT2D eigenvalue weighted by molar-refractivity contribution is 0.214. The van der Waals surface area contributed by atoms with Crippen LogP contribution in [0.5, 0.6) is 0 Å². The van der Waals surface area contributed by atoms with Gasteiger partial charge in [0.25, 0.3) is 0 Å². The third kappa shape index (κ3) is 2.58. The fourth-order valence-electron chi connectivity index (χ4n) is 1.12. The molecule has 1 rings (SSSR count). The van der Waals surface area contributed by atoms with Gasteiger partial charge in [0, 0.05) is 13.1 Å². The van der Waals surface area contributed by atoms with E-state index in [1.165, 1.54) is 19.2 Å². The van der Waals surface area contributed by atoms with E-state index < -0.39 is 21.9 Å². The Hall–Kier alpha value is -0.980. The van der Waals surface area contributed by atoms with E-state index in [4.69, 9.17) is 5.11 Å². The quantitative estimate of drug-likeness (QED) is 0.857. The minimum atomic E-state index is -3.66. The van der Waals surface area contributed by atoms with Gasteiger partial charge in [0.2, 0.25) is 10.0 Å². The molecule has 0 heterocycles. The van der Waals surface area contributed by atoms with Crippen molar-refractivity contribution in [1.29, 1.82) is 0 Å². The van der Waals surface area contributed by atoms with Crippen LogP contribution < -0.4 is 0 Å². The number of rotatable bonds is 4. The summed E-state index contributed by atoms with van der Waals surface area (Å²) in [6, 6.07) is 4.06. The summed E-state index contributed by atoms with van der Waals surface area (Å²) >= 11 is 0. The zero-order chi connectivity index (χ0) is 12.3. The van der Waals surface area contributed by atoms with E-state index in [0.717, 1.165) is 16.4 Å². The highest BCUT2D eigenvalue weighted by molar-refractivity contribution is 7.89. The van der Waals surface area contributed by atoms with Crippen LogP contribution in [0, 0.1) is 5.82 Å². The maximum absolute atomic E-state index is 12.7. The molecule has 1 aromatic carbocycles. The van der Waals surface area contributed by atoms with Gasteiger partial charge in [-0.3, -0.25) is 0 Å². The molecule has 0 aliphatic carbocycles. The van der Waals surface area contributed by atoms with Crippen molar-refractivity contribution in [2.24, 2.45) is 0 Å². The number of benzene rings is 1. The van der Waals surface area contributed by atoms with Gasteiger partial charge < -0.3 is 5.11 Å². The van der Waals surface area contributed by atoms with Gasteiger partial charge in [-0.1, -0.05) is 0 Å². The molecular weight excluding hydrogens is 233 g/mol. The van der Waals surface area contributed by atoms with Gasteiger partial charge in [-0.05, 0) is 31.2 Å². The van der Waals surface area contributed by atoms with Gasteiger partial charge in [0.05, 0.1) is 11.5 Å². The van der Waals surface area contributed by atoms with Crippen molar-refractivity contribution in [2.45, 2.75) is 17.9 Å². The third-order valence-corrected chi connectivity index (χ3v) is 4.36. The summed E-state index contributed by atoms with van der Waals surface area (Å²) in [4.78, 5) is 0.0108. The van der Waals surface area contributed by atoms with Crippen LogP contribution in [0.15, 0.2) is 29.2 Å². The minimum absolute atomic E-state index is 0.0108. The van der Waals surface area contributed by atoms with Gasteiger partial charge in [0.15, 0.2) is 0 Å². The maximum atomic E-state index is 12.7. The Morgan fingerprint density at radius 2 is 1.88 bits per heavy atom. The van der Waals surface area contributed by atoms with Crippen LogP contribution in [0.1, 0.15) is 6.92 Å². The Bertz CT molecular complexity index is 444. The number of aliphatic hydroxyl groups excluding tert-OH is 1. The van der Waals surface area contributed by atoms with Gasteiger partial charge in [-0.25, -0.2) is 12.8 Å². The summed E-state index contributed by atoms with van der Waals surface area (Å²) < 4.78 is 37.6. The predicted octanol–water partition coefficient (Wildman–Crippen LogP) is 0.827. The summed E-state index contributed by atoms with van der Waals surface area (Å²) in [5.41, 5.74) is 0. The normalized spacial score (nSPS) is 14.1. The summed E-state index contributed by atoms with van der Waals surface area (Å²) in [5.74, 6) is -0.489. The van der Waals surface area contributed by atoms with Crippen LogP contribution in [-0.2, 0) is 10.0 Å². The van der Waals surface area contributed by atoms with E-state index >= 15 is 0 Å². The third-order valence-electron chi connectivity index (χ3n) is 2.38. The molecule has 0 aromatic heterocycles. The van der Waals surface area contributed by atoms with Crippen molar-refractivity contribution in [3.05, 3.63) is 30.1 Å². The van der Waals surface area contributed by atoms with Crippen molar-refractivity contribution in [3.63, 3.8) is 0 Å². The lowest BCUT2D eigenvalue weighted by Crippen LogP contribution is -2.37. The Morgan fingerprint density at radius 3 is 2.31 bits per heavy atom. The number of nitrogens with zero attached hydrogens (tertiary/aromatic N) is 1. The van der Waals surface area contributed by atoms with E-state index in [9.17, 15) is 12.8 Å². The fraction of sp³-hybridized carbons (Fsp3) is 0.400. The van der Waals surface area contributed by atoms with Gasteiger partial charge in [0.1, 0.15) is 5.82 Å². The van der Waals surface area contributed by atoms with Crippen molar-refractivity contribution in [1.82, 2.24) is 4.31 Å². The molecule has 4 nitrogen and oxygen atoms in total. The molecule has 6 heteroatoms. The molecule has 1 unspecified atom stereocenters. The average Bonchev–Trinajstić information content (AvgIpc) is 2.27. The fourth-order valence-corrected chi connectivity index (χ4v) is 2.48. The minimum Gasteiger partial charge on any atom is -0.395 e. The molecule has 0 amide bonds. The van der Waals surface area contributed by atoms with Crippen LogP contribution in [0.3, 0.4) is 0 Å². The average molecular weight is 247 g/mol. The standard InChI is InChI=1S/C10H14FNO3S/c1-8(7-13)12(2)16(14,15)10-5-3-9(11)4-6-10/h3-6,8,13H,7H2,1-2H3. The zero-order valence-corrected chi connectivity index (χ0v) is 9.91. The molecule has 0 aliphatic rings. The first-order valence-electron chi connectivity index (χ1n) is 4.74. The van der Waals surface area contributed by atoms with Gasteiger partial charge >= 0.3 is 0 Å². The lowest BCUT2D eigenvalue weighted by atomic mass is 10.4. The maximum Gasteiger partial charge on any atom is 0.243 e. The highest BCUT2D eigenvalue weighted by Crippen LogP contribution is 2.16. The number of likely N-dealkylation sites (N-methyl/N-ethyl adjacent to an activating group) is 1. The van der Waals surface area contributed by atoms with Gasteiger partial charge in [-0.15, -0.1) is 0 Å². The van der Waals surface area contributed by atoms with E-state index in [1.807, 2.05) is 0 Å². The number of halogens is 1. The van der Waals surface area contributed by atoms with Crippen LogP contribution in [-0.4, -0.2) is 37.5 Å². The summed E-state index contributed by atoms with van der Waals surface area (Å²) in [6.45, 7) is 1.32. The van der Waals surface area contributed by atoms with E-state index in [1.54, 1.807) is 6.92 Å². The molecular formula is C10H14FNO3S. The van der Waals surface area contributed by atoms with Crippen LogP contribution in [0.2, 0.25) is 0 Å². The number of sulfonamides is 1. The molecule has 90 valence electrons. The SMILES string of the molecule is CC(CO)N(C)S(=O)(=O)c1ccc(F)cc1. The lowest BCUT2D eigenvalue weighted by Gasteiger charge is -2.22. The highest BCUT2D eigenvalue weighted by atomic mass is 32.2. The first kappa shape index (κ1) is 13.1. The van der Waals surface area contributed by atoms with E-state index in [0.29, 0.717) is 0 Å². The van der Waals surface area contributed by atoms with E-state index in [-0.39, 0.29) is 11.5 Å². The number of hydrogen-bond acceptors (Lipinski definition) is 3. The Balaban J connectivity index is 3.07. The van der Waals surface area contributed by atoms with Crippen molar-refractivity contribution in [2.75, 3.05) is 13.7 Å². The molecule has 1 N–H and O–H groups in total. The second kappa shape index (κ2) is 4.90. The molecule has 0 saturated carbocycles. The molecule has 0 aliphatic heterocycles. The molecule has 16 heavy (non-hydrogen) atoms. The van der Waals surface area contributed by atoms with E-state index in [2.05, 4.69) is 0 Å². The van der Waals surface area contributed by atoms with Crippen LogP contribution in [0.25, 0.3) is 0 Å². The molecule has 1 atom stereocenters. The molecule has 0 spiro atoms.